The second kappa shape index (κ2) is 7.04. The van der Waals surface area contributed by atoms with E-state index in [1.54, 1.807) is 6.07 Å². The van der Waals surface area contributed by atoms with E-state index in [0.717, 1.165) is 38.5 Å². The number of aromatic nitrogens is 2. The standard InChI is InChI=1S/C19H20N4O2/c24-18-16-3-1-2-4-17(16)21-19(22-18)20-15-7-5-14(6-8-15)13-23-9-11-25-12-10-23/h1-8H,9-13H2,(H2,20,21,22,24). The maximum Gasteiger partial charge on any atom is 0.260 e. The number of nitrogens with one attached hydrogen (secondary N) is 2. The van der Waals surface area contributed by atoms with Gasteiger partial charge in [0, 0.05) is 25.3 Å². The predicted octanol–water partition coefficient (Wildman–Crippen LogP) is 2.50. The highest BCUT2D eigenvalue weighted by atomic mass is 16.5. The molecule has 0 bridgehead atoms. The van der Waals surface area contributed by atoms with E-state index in [-0.39, 0.29) is 5.56 Å². The molecule has 1 fully saturated rings. The maximum absolute atomic E-state index is 12.1. The molecule has 0 spiro atoms. The molecule has 1 aliphatic heterocycles. The van der Waals surface area contributed by atoms with E-state index in [4.69, 9.17) is 4.74 Å². The highest BCUT2D eigenvalue weighted by Crippen LogP contribution is 2.16. The summed E-state index contributed by atoms with van der Waals surface area (Å²) in [5.74, 6) is 0.449. The topological polar surface area (TPSA) is 70.2 Å². The van der Waals surface area contributed by atoms with Crippen LogP contribution in [0, 0.1) is 0 Å². The second-order valence-electron chi connectivity index (χ2n) is 6.14. The van der Waals surface area contributed by atoms with Gasteiger partial charge in [-0.25, -0.2) is 4.98 Å². The summed E-state index contributed by atoms with van der Waals surface area (Å²) in [4.78, 5) is 21.7. The Balaban J connectivity index is 1.48. The van der Waals surface area contributed by atoms with E-state index in [9.17, 15) is 4.79 Å². The van der Waals surface area contributed by atoms with Gasteiger partial charge in [0.05, 0.1) is 24.1 Å². The fraction of sp³-hybridized carbons (Fsp3) is 0.263. The van der Waals surface area contributed by atoms with Crippen LogP contribution in [0.15, 0.2) is 53.3 Å². The van der Waals surface area contributed by atoms with Crippen LogP contribution >= 0.6 is 0 Å². The summed E-state index contributed by atoms with van der Waals surface area (Å²) in [5.41, 5.74) is 2.69. The van der Waals surface area contributed by atoms with E-state index in [1.807, 2.05) is 30.3 Å². The van der Waals surface area contributed by atoms with E-state index < -0.39 is 0 Å². The first-order valence-electron chi connectivity index (χ1n) is 8.43. The van der Waals surface area contributed by atoms with Gasteiger partial charge < -0.3 is 10.1 Å². The Labute approximate surface area is 145 Å². The summed E-state index contributed by atoms with van der Waals surface area (Å²) < 4.78 is 5.38. The number of fused-ring (bicyclic) bond motifs is 1. The van der Waals surface area contributed by atoms with Gasteiger partial charge in [-0.2, -0.15) is 0 Å². The highest BCUT2D eigenvalue weighted by molar-refractivity contribution is 5.78. The van der Waals surface area contributed by atoms with Crippen molar-refractivity contribution in [1.29, 1.82) is 0 Å². The molecule has 0 atom stereocenters. The summed E-state index contributed by atoms with van der Waals surface area (Å²) in [6, 6.07) is 15.5. The maximum atomic E-state index is 12.1. The minimum atomic E-state index is -0.142. The molecule has 0 aliphatic carbocycles. The smallest absolute Gasteiger partial charge is 0.260 e. The molecule has 0 amide bonds. The molecule has 2 heterocycles. The van der Waals surface area contributed by atoms with Crippen LogP contribution in [-0.4, -0.2) is 41.2 Å². The molecule has 4 rings (SSSR count). The van der Waals surface area contributed by atoms with Crippen LogP contribution in [0.3, 0.4) is 0 Å². The van der Waals surface area contributed by atoms with Crippen molar-refractivity contribution in [2.75, 3.05) is 31.6 Å². The fourth-order valence-electron chi connectivity index (χ4n) is 2.99. The molecule has 25 heavy (non-hydrogen) atoms. The first-order chi connectivity index (χ1) is 12.3. The number of para-hydroxylation sites is 1. The summed E-state index contributed by atoms with van der Waals surface area (Å²) >= 11 is 0. The van der Waals surface area contributed by atoms with Crippen molar-refractivity contribution in [3.63, 3.8) is 0 Å². The van der Waals surface area contributed by atoms with Gasteiger partial charge in [-0.05, 0) is 29.8 Å². The highest BCUT2D eigenvalue weighted by Gasteiger charge is 2.10. The predicted molar refractivity (Wildman–Crippen MR) is 98.2 cm³/mol. The van der Waals surface area contributed by atoms with Gasteiger partial charge in [-0.15, -0.1) is 0 Å². The molecule has 6 heteroatoms. The molecule has 6 nitrogen and oxygen atoms in total. The van der Waals surface area contributed by atoms with Crippen LogP contribution in [0.4, 0.5) is 11.6 Å². The molecule has 1 aromatic heterocycles. The summed E-state index contributed by atoms with van der Waals surface area (Å²) in [7, 11) is 0. The van der Waals surface area contributed by atoms with Crippen molar-refractivity contribution >= 4 is 22.5 Å². The van der Waals surface area contributed by atoms with Gasteiger partial charge in [0.2, 0.25) is 5.95 Å². The van der Waals surface area contributed by atoms with Crippen molar-refractivity contribution in [2.24, 2.45) is 0 Å². The van der Waals surface area contributed by atoms with Gasteiger partial charge in [0.25, 0.3) is 5.56 Å². The zero-order chi connectivity index (χ0) is 17.1. The fourth-order valence-corrected chi connectivity index (χ4v) is 2.99. The summed E-state index contributed by atoms with van der Waals surface area (Å²) in [6.45, 7) is 4.49. The molecule has 0 unspecified atom stereocenters. The van der Waals surface area contributed by atoms with Crippen molar-refractivity contribution in [3.8, 4) is 0 Å². The van der Waals surface area contributed by atoms with Crippen LogP contribution in [0.25, 0.3) is 10.9 Å². The Morgan fingerprint density at radius 3 is 2.64 bits per heavy atom. The molecular formula is C19H20N4O2. The molecular weight excluding hydrogens is 316 g/mol. The molecule has 1 aliphatic rings. The minimum absolute atomic E-state index is 0.142. The Hall–Kier alpha value is -2.70. The number of ether oxygens (including phenoxy) is 1. The van der Waals surface area contributed by atoms with E-state index >= 15 is 0 Å². The molecule has 0 radical (unpaired) electrons. The Morgan fingerprint density at radius 1 is 1.08 bits per heavy atom. The molecule has 2 N–H and O–H groups in total. The normalized spacial score (nSPS) is 15.4. The third-order valence-electron chi connectivity index (χ3n) is 4.34. The molecule has 128 valence electrons. The van der Waals surface area contributed by atoms with Crippen LogP contribution in [0.1, 0.15) is 5.56 Å². The average molecular weight is 336 g/mol. The second-order valence-corrected chi connectivity index (χ2v) is 6.14. The van der Waals surface area contributed by atoms with E-state index in [1.165, 1.54) is 5.56 Å². The van der Waals surface area contributed by atoms with Crippen molar-refractivity contribution in [3.05, 3.63) is 64.4 Å². The summed E-state index contributed by atoms with van der Waals surface area (Å²) in [6.07, 6.45) is 0. The van der Waals surface area contributed by atoms with Gasteiger partial charge in [-0.3, -0.25) is 14.7 Å². The Kier molecular flexibility index (Phi) is 4.45. The number of morpholine rings is 1. The first-order valence-corrected chi connectivity index (χ1v) is 8.43. The largest absolute Gasteiger partial charge is 0.379 e. The van der Waals surface area contributed by atoms with Gasteiger partial charge in [-0.1, -0.05) is 24.3 Å². The number of hydrogen-bond donors (Lipinski definition) is 2. The number of hydrogen-bond acceptors (Lipinski definition) is 5. The third kappa shape index (κ3) is 3.70. The third-order valence-corrected chi connectivity index (χ3v) is 4.34. The lowest BCUT2D eigenvalue weighted by molar-refractivity contribution is 0.0342. The lowest BCUT2D eigenvalue weighted by Crippen LogP contribution is -2.35. The van der Waals surface area contributed by atoms with Gasteiger partial charge in [0.1, 0.15) is 0 Å². The SMILES string of the molecule is O=c1[nH]c(Nc2ccc(CN3CCOCC3)cc2)nc2ccccc12. The van der Waals surface area contributed by atoms with Crippen LogP contribution in [0.5, 0.6) is 0 Å². The number of anilines is 2. The molecule has 2 aromatic carbocycles. The number of benzene rings is 2. The van der Waals surface area contributed by atoms with E-state index in [2.05, 4.69) is 32.3 Å². The Bertz CT molecular complexity index is 915. The zero-order valence-electron chi connectivity index (χ0n) is 13.9. The van der Waals surface area contributed by atoms with Gasteiger partial charge in [0.15, 0.2) is 0 Å². The lowest BCUT2D eigenvalue weighted by atomic mass is 10.2. The quantitative estimate of drug-likeness (QED) is 0.766. The zero-order valence-corrected chi connectivity index (χ0v) is 13.9. The minimum Gasteiger partial charge on any atom is -0.379 e. The van der Waals surface area contributed by atoms with Crippen LogP contribution in [-0.2, 0) is 11.3 Å². The van der Waals surface area contributed by atoms with Crippen molar-refractivity contribution < 1.29 is 4.74 Å². The molecule has 1 saturated heterocycles. The number of H-pyrrole nitrogens is 1. The average Bonchev–Trinajstić information content (AvgIpc) is 2.64. The monoisotopic (exact) mass is 336 g/mol. The summed E-state index contributed by atoms with van der Waals surface area (Å²) in [5, 5.41) is 3.76. The number of nitrogens with zero attached hydrogens (tertiary/aromatic N) is 2. The number of rotatable bonds is 4. The molecule has 3 aromatic rings. The Morgan fingerprint density at radius 2 is 1.84 bits per heavy atom. The van der Waals surface area contributed by atoms with Crippen LogP contribution < -0.4 is 10.9 Å². The molecule has 0 saturated carbocycles. The van der Waals surface area contributed by atoms with Crippen LogP contribution in [0.2, 0.25) is 0 Å². The lowest BCUT2D eigenvalue weighted by Gasteiger charge is -2.26. The van der Waals surface area contributed by atoms with Gasteiger partial charge >= 0.3 is 0 Å². The van der Waals surface area contributed by atoms with Crippen molar-refractivity contribution in [2.45, 2.75) is 6.54 Å². The van der Waals surface area contributed by atoms with E-state index in [0.29, 0.717) is 16.9 Å². The number of aromatic amines is 1. The van der Waals surface area contributed by atoms with Crippen molar-refractivity contribution in [1.82, 2.24) is 14.9 Å². The first kappa shape index (κ1) is 15.8.